The third-order valence-electron chi connectivity index (χ3n) is 2.55. The molecule has 106 valence electrons. The Bertz CT molecular complexity index is 395. The lowest BCUT2D eigenvalue weighted by atomic mass is 10.1. The number of anilines is 1. The van der Waals surface area contributed by atoms with E-state index in [1.165, 1.54) is 0 Å². The summed E-state index contributed by atoms with van der Waals surface area (Å²) >= 11 is 0. The minimum Gasteiger partial charge on any atom is -0.466 e. The maximum Gasteiger partial charge on any atom is 0.308 e. The standard InChI is InChI=1S/C14H21NO4/c1-3-19-14(17)8-12(16)9-15-13-7-5-4-6-11(13)10-18-2/h4-7,12,15-16H,3,8-10H2,1-2H3. The van der Waals surface area contributed by atoms with Crippen molar-refractivity contribution in [3.8, 4) is 0 Å². The number of ether oxygens (including phenoxy) is 2. The third kappa shape index (κ3) is 5.72. The zero-order valence-electron chi connectivity index (χ0n) is 11.4. The predicted molar refractivity (Wildman–Crippen MR) is 72.9 cm³/mol. The first kappa shape index (κ1) is 15.5. The van der Waals surface area contributed by atoms with E-state index in [0.717, 1.165) is 11.3 Å². The number of hydrogen-bond acceptors (Lipinski definition) is 5. The van der Waals surface area contributed by atoms with E-state index in [2.05, 4.69) is 5.32 Å². The van der Waals surface area contributed by atoms with Gasteiger partial charge in [-0.15, -0.1) is 0 Å². The molecule has 1 atom stereocenters. The summed E-state index contributed by atoms with van der Waals surface area (Å²) in [6.07, 6.45) is -0.776. The number of esters is 1. The molecule has 0 radical (unpaired) electrons. The molecule has 0 saturated carbocycles. The minimum absolute atomic E-state index is 0.00666. The summed E-state index contributed by atoms with van der Waals surface area (Å²) in [6, 6.07) is 7.68. The number of nitrogens with one attached hydrogen (secondary N) is 1. The van der Waals surface area contributed by atoms with Gasteiger partial charge in [0.2, 0.25) is 0 Å². The minimum atomic E-state index is -0.769. The number of rotatable bonds is 8. The Labute approximate surface area is 113 Å². The molecule has 0 aliphatic carbocycles. The van der Waals surface area contributed by atoms with E-state index in [-0.39, 0.29) is 12.4 Å². The van der Waals surface area contributed by atoms with Crippen molar-refractivity contribution in [3.63, 3.8) is 0 Å². The number of hydrogen-bond donors (Lipinski definition) is 2. The third-order valence-corrected chi connectivity index (χ3v) is 2.55. The maximum atomic E-state index is 11.2. The second-order valence-corrected chi connectivity index (χ2v) is 4.13. The normalized spacial score (nSPS) is 11.9. The fraction of sp³-hybridized carbons (Fsp3) is 0.500. The monoisotopic (exact) mass is 267 g/mol. The van der Waals surface area contributed by atoms with Crippen LogP contribution in [-0.2, 0) is 20.9 Å². The molecular weight excluding hydrogens is 246 g/mol. The number of methoxy groups -OCH3 is 1. The van der Waals surface area contributed by atoms with E-state index in [4.69, 9.17) is 9.47 Å². The van der Waals surface area contributed by atoms with E-state index >= 15 is 0 Å². The fourth-order valence-electron chi connectivity index (χ4n) is 1.69. The van der Waals surface area contributed by atoms with Crippen LogP contribution in [0.4, 0.5) is 5.69 Å². The first-order valence-corrected chi connectivity index (χ1v) is 6.31. The van der Waals surface area contributed by atoms with Gasteiger partial charge in [0, 0.05) is 24.9 Å². The van der Waals surface area contributed by atoms with Crippen LogP contribution in [-0.4, -0.2) is 37.4 Å². The molecule has 1 aromatic carbocycles. The van der Waals surface area contributed by atoms with E-state index in [1.54, 1.807) is 14.0 Å². The van der Waals surface area contributed by atoms with Crippen LogP contribution in [0.25, 0.3) is 0 Å². The van der Waals surface area contributed by atoms with E-state index in [0.29, 0.717) is 19.8 Å². The van der Waals surface area contributed by atoms with E-state index in [1.807, 2.05) is 24.3 Å². The lowest BCUT2D eigenvalue weighted by molar-refractivity contribution is -0.145. The summed E-state index contributed by atoms with van der Waals surface area (Å²) < 4.78 is 9.88. The highest BCUT2D eigenvalue weighted by atomic mass is 16.5. The summed E-state index contributed by atoms with van der Waals surface area (Å²) in [5.74, 6) is -0.387. The number of aliphatic hydroxyl groups is 1. The molecule has 0 aliphatic rings. The van der Waals surface area contributed by atoms with Gasteiger partial charge in [-0.1, -0.05) is 18.2 Å². The molecule has 0 amide bonds. The molecule has 2 N–H and O–H groups in total. The average Bonchev–Trinajstić information content (AvgIpc) is 2.38. The molecule has 1 rings (SSSR count). The van der Waals surface area contributed by atoms with Crippen molar-refractivity contribution in [1.29, 1.82) is 0 Å². The van der Waals surface area contributed by atoms with Crippen molar-refractivity contribution in [3.05, 3.63) is 29.8 Å². The van der Waals surface area contributed by atoms with Gasteiger partial charge in [0.25, 0.3) is 0 Å². The number of benzene rings is 1. The van der Waals surface area contributed by atoms with Gasteiger partial charge in [-0.2, -0.15) is 0 Å². The molecule has 1 unspecified atom stereocenters. The van der Waals surface area contributed by atoms with Gasteiger partial charge < -0.3 is 19.9 Å². The van der Waals surface area contributed by atoms with Gasteiger partial charge in [0.05, 0.1) is 25.7 Å². The fourth-order valence-corrected chi connectivity index (χ4v) is 1.69. The summed E-state index contributed by atoms with van der Waals surface area (Å²) in [7, 11) is 1.63. The Hall–Kier alpha value is -1.59. The van der Waals surface area contributed by atoms with Crippen LogP contribution in [0, 0.1) is 0 Å². The molecule has 0 aliphatic heterocycles. The Morgan fingerprint density at radius 3 is 2.84 bits per heavy atom. The van der Waals surface area contributed by atoms with Crippen LogP contribution in [0.15, 0.2) is 24.3 Å². The average molecular weight is 267 g/mol. The smallest absolute Gasteiger partial charge is 0.308 e. The molecule has 1 aromatic rings. The van der Waals surface area contributed by atoms with Gasteiger partial charge in [0.15, 0.2) is 0 Å². The largest absolute Gasteiger partial charge is 0.466 e. The lowest BCUT2D eigenvalue weighted by Crippen LogP contribution is -2.24. The topological polar surface area (TPSA) is 67.8 Å². The molecule has 19 heavy (non-hydrogen) atoms. The maximum absolute atomic E-state index is 11.2. The highest BCUT2D eigenvalue weighted by molar-refractivity contribution is 5.70. The lowest BCUT2D eigenvalue weighted by Gasteiger charge is -2.14. The van der Waals surface area contributed by atoms with Crippen molar-refractivity contribution in [2.24, 2.45) is 0 Å². The van der Waals surface area contributed by atoms with Gasteiger partial charge in [-0.25, -0.2) is 0 Å². The van der Waals surface area contributed by atoms with Crippen LogP contribution < -0.4 is 5.32 Å². The number of carbonyl (C=O) groups is 1. The summed E-state index contributed by atoms with van der Waals surface area (Å²) in [4.78, 5) is 11.2. The Morgan fingerprint density at radius 2 is 2.16 bits per heavy atom. The molecule has 0 fully saturated rings. The van der Waals surface area contributed by atoms with Gasteiger partial charge in [-0.3, -0.25) is 4.79 Å². The molecular formula is C14H21NO4. The van der Waals surface area contributed by atoms with E-state index in [9.17, 15) is 9.90 Å². The van der Waals surface area contributed by atoms with Crippen molar-refractivity contribution >= 4 is 11.7 Å². The second-order valence-electron chi connectivity index (χ2n) is 4.13. The molecule has 5 nitrogen and oxygen atoms in total. The van der Waals surface area contributed by atoms with Gasteiger partial charge in [0.1, 0.15) is 0 Å². The molecule has 0 bridgehead atoms. The summed E-state index contributed by atoms with van der Waals surface area (Å²) in [5, 5.41) is 12.8. The zero-order valence-corrected chi connectivity index (χ0v) is 11.4. The SMILES string of the molecule is CCOC(=O)CC(O)CNc1ccccc1COC. The van der Waals surface area contributed by atoms with Crippen molar-refractivity contribution in [2.45, 2.75) is 26.1 Å². The van der Waals surface area contributed by atoms with E-state index < -0.39 is 6.10 Å². The summed E-state index contributed by atoms with van der Waals surface area (Å²) in [6.45, 7) is 2.86. The Morgan fingerprint density at radius 1 is 1.42 bits per heavy atom. The van der Waals surface area contributed by atoms with Crippen molar-refractivity contribution in [1.82, 2.24) is 0 Å². The first-order chi connectivity index (χ1) is 9.17. The number of aliphatic hydroxyl groups excluding tert-OH is 1. The first-order valence-electron chi connectivity index (χ1n) is 6.31. The van der Waals surface area contributed by atoms with Crippen molar-refractivity contribution < 1.29 is 19.4 Å². The Balaban J connectivity index is 2.45. The summed E-state index contributed by atoms with van der Waals surface area (Å²) in [5.41, 5.74) is 1.90. The Kier molecular flexibility index (Phi) is 6.92. The highest BCUT2D eigenvalue weighted by Crippen LogP contribution is 2.15. The van der Waals surface area contributed by atoms with Crippen molar-refractivity contribution in [2.75, 3.05) is 25.6 Å². The highest BCUT2D eigenvalue weighted by Gasteiger charge is 2.12. The van der Waals surface area contributed by atoms with Crippen LogP contribution in [0.1, 0.15) is 18.9 Å². The second kappa shape index (κ2) is 8.50. The van der Waals surface area contributed by atoms with Gasteiger partial charge >= 0.3 is 5.97 Å². The van der Waals surface area contributed by atoms with Crippen LogP contribution >= 0.6 is 0 Å². The zero-order chi connectivity index (χ0) is 14.1. The molecule has 0 saturated heterocycles. The quantitative estimate of drug-likeness (QED) is 0.700. The predicted octanol–water partition coefficient (Wildman–Crippen LogP) is 1.56. The number of para-hydroxylation sites is 1. The van der Waals surface area contributed by atoms with Crippen LogP contribution in [0.2, 0.25) is 0 Å². The number of carbonyl (C=O) groups excluding carboxylic acids is 1. The molecule has 0 spiro atoms. The molecule has 5 heteroatoms. The molecule has 0 heterocycles. The van der Waals surface area contributed by atoms with Crippen LogP contribution in [0.5, 0.6) is 0 Å². The molecule has 0 aromatic heterocycles. The van der Waals surface area contributed by atoms with Gasteiger partial charge in [-0.05, 0) is 13.0 Å². The van der Waals surface area contributed by atoms with Crippen LogP contribution in [0.3, 0.4) is 0 Å².